The fraction of sp³-hybridized carbons (Fsp3) is 0.900. The zero-order chi connectivity index (χ0) is 17.7. The Balaban J connectivity index is 2.33. The van der Waals surface area contributed by atoms with Gasteiger partial charge in [0.1, 0.15) is 0 Å². The lowest BCUT2D eigenvalue weighted by Gasteiger charge is -2.62. The van der Waals surface area contributed by atoms with Crippen LogP contribution < -0.4 is 0 Å². The van der Waals surface area contributed by atoms with E-state index in [0.717, 1.165) is 32.1 Å². The fourth-order valence-electron chi connectivity index (χ4n) is 5.97. The normalized spacial score (nSPS) is 45.8. The quantitative estimate of drug-likeness (QED) is 0.692. The molecule has 0 unspecified atom stereocenters. The van der Waals surface area contributed by atoms with Gasteiger partial charge in [0.25, 0.3) is 0 Å². The molecule has 23 heavy (non-hydrogen) atoms. The maximum Gasteiger partial charge on any atom is 0.0797 e. The summed E-state index contributed by atoms with van der Waals surface area (Å²) in [6.07, 6.45) is 6.03. The van der Waals surface area contributed by atoms with Crippen LogP contribution in [-0.2, 0) is 0 Å². The van der Waals surface area contributed by atoms with E-state index in [0.29, 0.717) is 12.3 Å². The third kappa shape index (κ3) is 3.52. The van der Waals surface area contributed by atoms with E-state index in [9.17, 15) is 15.3 Å². The molecular weight excluding hydrogens is 288 g/mol. The van der Waals surface area contributed by atoms with Crippen molar-refractivity contribution in [2.75, 3.05) is 0 Å². The van der Waals surface area contributed by atoms with E-state index in [4.69, 9.17) is 0 Å². The van der Waals surface area contributed by atoms with Crippen molar-refractivity contribution in [2.45, 2.75) is 90.4 Å². The highest BCUT2D eigenvalue weighted by Gasteiger charge is 2.59. The molecule has 0 aromatic carbocycles. The van der Waals surface area contributed by atoms with Crippen molar-refractivity contribution in [2.24, 2.45) is 22.7 Å². The van der Waals surface area contributed by atoms with Gasteiger partial charge in [0.15, 0.2) is 0 Å². The van der Waals surface area contributed by atoms with Crippen LogP contribution in [0.15, 0.2) is 12.7 Å². The number of hydrogen-bond donors (Lipinski definition) is 3. The summed E-state index contributed by atoms with van der Waals surface area (Å²) in [6, 6.07) is 0. The van der Waals surface area contributed by atoms with E-state index in [-0.39, 0.29) is 22.9 Å². The molecule has 0 aromatic rings. The van der Waals surface area contributed by atoms with Gasteiger partial charge in [-0.2, -0.15) is 0 Å². The largest absolute Gasteiger partial charge is 0.393 e. The monoisotopic (exact) mass is 324 g/mol. The summed E-state index contributed by atoms with van der Waals surface area (Å²) in [7, 11) is 0. The molecule has 2 rings (SSSR count). The van der Waals surface area contributed by atoms with Crippen LogP contribution in [0.25, 0.3) is 0 Å². The van der Waals surface area contributed by atoms with Crippen LogP contribution >= 0.6 is 0 Å². The molecule has 0 spiro atoms. The Morgan fingerprint density at radius 2 is 1.83 bits per heavy atom. The number of rotatable bonds is 4. The summed E-state index contributed by atoms with van der Waals surface area (Å²) >= 11 is 0. The first kappa shape index (κ1) is 19.0. The van der Waals surface area contributed by atoms with E-state index < -0.39 is 11.2 Å². The van der Waals surface area contributed by atoms with Gasteiger partial charge in [-0.05, 0) is 75.0 Å². The second kappa shape index (κ2) is 5.86. The van der Waals surface area contributed by atoms with Crippen molar-refractivity contribution in [3.05, 3.63) is 12.7 Å². The Hall–Kier alpha value is -0.380. The predicted octanol–water partition coefficient (Wildman–Crippen LogP) is 3.67. The number of hydrogen-bond acceptors (Lipinski definition) is 3. The SMILES string of the molecule is C=C[C@](C)(O)CC[C@@H]1[C@@]2(C)C[C@@H](O)CC(C)(C)[C@@H]2CC[C@@]1(C)O. The standard InChI is InChI=1S/C20H36O3/c1-7-18(4,22)10-8-16-19(5)13-14(21)12-17(2,3)15(19)9-11-20(16,6)23/h7,14-16,21-23H,1,8-13H2,2-6H3/t14-,15-,16+,18-,19-,20+/m0/s1. The summed E-state index contributed by atoms with van der Waals surface area (Å²) < 4.78 is 0. The molecule has 0 aliphatic heterocycles. The molecule has 0 saturated heterocycles. The van der Waals surface area contributed by atoms with Crippen LogP contribution in [0.1, 0.15) is 73.1 Å². The topological polar surface area (TPSA) is 60.7 Å². The predicted molar refractivity (Wildman–Crippen MR) is 94.0 cm³/mol. The van der Waals surface area contributed by atoms with Gasteiger partial charge in [-0.15, -0.1) is 6.58 Å². The Morgan fingerprint density at radius 1 is 1.22 bits per heavy atom. The summed E-state index contributed by atoms with van der Waals surface area (Å²) in [5.41, 5.74) is -1.65. The van der Waals surface area contributed by atoms with Gasteiger partial charge < -0.3 is 15.3 Å². The molecule has 3 heteroatoms. The summed E-state index contributed by atoms with van der Waals surface area (Å²) in [5, 5.41) is 31.8. The van der Waals surface area contributed by atoms with E-state index in [1.807, 2.05) is 6.92 Å². The molecule has 0 amide bonds. The van der Waals surface area contributed by atoms with Crippen LogP contribution in [0.4, 0.5) is 0 Å². The first-order chi connectivity index (χ1) is 10.3. The molecule has 3 N–H and O–H groups in total. The summed E-state index contributed by atoms with van der Waals surface area (Å²) in [6.45, 7) is 14.2. The molecule has 2 saturated carbocycles. The number of aliphatic hydroxyl groups excluding tert-OH is 1. The molecule has 2 aliphatic carbocycles. The van der Waals surface area contributed by atoms with Crippen molar-refractivity contribution in [3.8, 4) is 0 Å². The van der Waals surface area contributed by atoms with Gasteiger partial charge in [0.2, 0.25) is 0 Å². The van der Waals surface area contributed by atoms with Gasteiger partial charge in [0.05, 0.1) is 17.3 Å². The van der Waals surface area contributed by atoms with Crippen LogP contribution in [0.2, 0.25) is 0 Å². The Morgan fingerprint density at radius 3 is 2.39 bits per heavy atom. The second-order valence-corrected chi connectivity index (χ2v) is 9.66. The van der Waals surface area contributed by atoms with Gasteiger partial charge in [-0.3, -0.25) is 0 Å². The van der Waals surface area contributed by atoms with Crippen LogP contribution in [-0.4, -0.2) is 32.6 Å². The Bertz CT molecular complexity index is 452. The lowest BCUT2D eigenvalue weighted by atomic mass is 9.44. The molecule has 2 aliphatic rings. The Kier molecular flexibility index (Phi) is 4.83. The number of fused-ring (bicyclic) bond motifs is 1. The van der Waals surface area contributed by atoms with Crippen molar-refractivity contribution >= 4 is 0 Å². The molecule has 0 heterocycles. The molecule has 0 aromatic heterocycles. The first-order valence-corrected chi connectivity index (χ1v) is 9.10. The van der Waals surface area contributed by atoms with Crippen molar-refractivity contribution in [1.29, 1.82) is 0 Å². The van der Waals surface area contributed by atoms with Crippen molar-refractivity contribution in [3.63, 3.8) is 0 Å². The zero-order valence-electron chi connectivity index (χ0n) is 15.6. The molecule has 2 fully saturated rings. The molecule has 0 radical (unpaired) electrons. The highest BCUT2D eigenvalue weighted by Crippen LogP contribution is 2.63. The average molecular weight is 325 g/mol. The van der Waals surface area contributed by atoms with Crippen LogP contribution in [0.5, 0.6) is 0 Å². The highest BCUT2D eigenvalue weighted by molar-refractivity contribution is 5.09. The lowest BCUT2D eigenvalue weighted by Crippen LogP contribution is -2.59. The molecule has 3 nitrogen and oxygen atoms in total. The average Bonchev–Trinajstić information content (AvgIpc) is 2.34. The van der Waals surface area contributed by atoms with E-state index in [2.05, 4.69) is 27.4 Å². The van der Waals surface area contributed by atoms with Crippen LogP contribution in [0, 0.1) is 22.7 Å². The third-order valence-electron chi connectivity index (χ3n) is 7.04. The molecule has 6 atom stereocenters. The lowest BCUT2D eigenvalue weighted by molar-refractivity contribution is -0.191. The minimum absolute atomic E-state index is 0.0781. The van der Waals surface area contributed by atoms with Gasteiger partial charge in [-0.1, -0.05) is 26.8 Å². The first-order valence-electron chi connectivity index (χ1n) is 9.10. The minimum Gasteiger partial charge on any atom is -0.393 e. The smallest absolute Gasteiger partial charge is 0.0797 e. The van der Waals surface area contributed by atoms with Crippen LogP contribution in [0.3, 0.4) is 0 Å². The second-order valence-electron chi connectivity index (χ2n) is 9.66. The molecular formula is C20H36O3. The molecule has 0 bridgehead atoms. The van der Waals surface area contributed by atoms with Gasteiger partial charge >= 0.3 is 0 Å². The molecule has 134 valence electrons. The fourth-order valence-corrected chi connectivity index (χ4v) is 5.97. The Labute approximate surface area is 141 Å². The third-order valence-corrected chi connectivity index (χ3v) is 7.04. The zero-order valence-corrected chi connectivity index (χ0v) is 15.6. The van der Waals surface area contributed by atoms with Gasteiger partial charge in [0, 0.05) is 0 Å². The maximum atomic E-state index is 11.1. The maximum absolute atomic E-state index is 11.1. The van der Waals surface area contributed by atoms with Crippen molar-refractivity contribution in [1.82, 2.24) is 0 Å². The van der Waals surface area contributed by atoms with E-state index in [1.165, 1.54) is 0 Å². The highest BCUT2D eigenvalue weighted by atomic mass is 16.3. The van der Waals surface area contributed by atoms with E-state index in [1.54, 1.807) is 13.0 Å². The van der Waals surface area contributed by atoms with Crippen molar-refractivity contribution < 1.29 is 15.3 Å². The summed E-state index contributed by atoms with van der Waals surface area (Å²) in [4.78, 5) is 0. The number of aliphatic hydroxyl groups is 3. The van der Waals surface area contributed by atoms with Gasteiger partial charge in [-0.25, -0.2) is 0 Å². The minimum atomic E-state index is -0.901. The van der Waals surface area contributed by atoms with E-state index >= 15 is 0 Å². The summed E-state index contributed by atoms with van der Waals surface area (Å²) in [5.74, 6) is 0.576.